The molecule has 20 nitrogen and oxygen atoms in total. The van der Waals surface area contributed by atoms with Gasteiger partial charge in [-0.15, -0.1) is 53.7 Å². The van der Waals surface area contributed by atoms with E-state index >= 15 is 0 Å². The van der Waals surface area contributed by atoms with E-state index in [1.54, 1.807) is 92.6 Å². The second-order valence-corrected chi connectivity index (χ2v) is 34.4. The molecule has 3 aliphatic rings. The van der Waals surface area contributed by atoms with E-state index in [0.717, 1.165) is 143 Å². The van der Waals surface area contributed by atoms with Crippen molar-refractivity contribution in [3.63, 3.8) is 0 Å². The molecule has 0 unspecified atom stereocenters. The molecule has 0 atom stereocenters. The number of hydrogen-bond donors (Lipinski definition) is 1. The lowest BCUT2D eigenvalue weighted by Gasteiger charge is -2.30. The molecule has 2 saturated heterocycles. The average molecular weight is 1610 g/mol. The number of aryl methyl sites for hydroxylation is 2. The lowest BCUT2D eigenvalue weighted by molar-refractivity contribution is -0.124. The maximum Gasteiger partial charge on any atom is 0.410 e. The number of nitriles is 1. The Hall–Kier alpha value is -7.59. The Labute approximate surface area is 664 Å². The van der Waals surface area contributed by atoms with Crippen molar-refractivity contribution in [2.75, 3.05) is 60.6 Å². The number of thioether (sulfide) groups is 6. The van der Waals surface area contributed by atoms with Crippen molar-refractivity contribution >= 4 is 123 Å². The Morgan fingerprint density at radius 1 is 0.664 bits per heavy atom. The van der Waals surface area contributed by atoms with E-state index in [-0.39, 0.29) is 25.3 Å². The van der Waals surface area contributed by atoms with Crippen LogP contribution in [0.3, 0.4) is 0 Å². The number of carbonyl (C=O) groups excluding carboxylic acids is 2. The largest absolute Gasteiger partial charge is 0.469 e. The SMILES string of the molecule is C.CC(C)c1ccc(CSc2nnc(SCCNC(=O)C3CCCC3)s2)cc1.Cc1nc(Cc2nnc(SCc3ccc(-c4ccccc4C#N)cc3)o2)cs1.Cc1occc1-c1nnc(SCC2CCN(C(=O)OCc3ccccc3)CC2)o1.Clc1ccccc1SCCCSc1nnc(N2CCCC2)o1. The number of rotatable bonds is 28. The van der Waals surface area contributed by atoms with Gasteiger partial charge >= 0.3 is 12.1 Å². The van der Waals surface area contributed by atoms with Gasteiger partial charge in [0, 0.05) is 77.7 Å². The summed E-state index contributed by atoms with van der Waals surface area (Å²) in [6.45, 7) is 12.8. The monoisotopic (exact) mass is 1610 g/mol. The topological polar surface area (TPSA) is 254 Å². The summed E-state index contributed by atoms with van der Waals surface area (Å²) in [6.07, 6.45) is 11.8. The van der Waals surface area contributed by atoms with E-state index in [9.17, 15) is 14.9 Å². The van der Waals surface area contributed by atoms with Crippen molar-refractivity contribution in [1.82, 2.24) is 56.0 Å². The van der Waals surface area contributed by atoms with Crippen molar-refractivity contribution in [2.45, 2.75) is 153 Å². The molecule has 8 heterocycles. The van der Waals surface area contributed by atoms with Crippen LogP contribution in [0.15, 0.2) is 192 Å². The number of nitrogens with zero attached hydrogens (tertiary/aromatic N) is 12. The van der Waals surface area contributed by atoms with Crippen LogP contribution in [0.1, 0.15) is 135 Å². The third kappa shape index (κ3) is 26.3. The lowest BCUT2D eigenvalue weighted by Crippen LogP contribution is -2.39. The normalized spacial score (nSPS) is 13.6. The summed E-state index contributed by atoms with van der Waals surface area (Å²) in [5, 5.41) is 51.2. The van der Waals surface area contributed by atoms with Gasteiger partial charge in [0.25, 0.3) is 21.6 Å². The predicted octanol–water partition coefficient (Wildman–Crippen LogP) is 20.6. The minimum absolute atomic E-state index is 0. The zero-order valence-corrected chi connectivity index (χ0v) is 66.8. The molecule has 2 aliphatic heterocycles. The molecule has 6 aromatic heterocycles. The maximum absolute atomic E-state index is 12.3. The number of ether oxygens (including phenoxy) is 1. The second kappa shape index (κ2) is 43.6. The van der Waals surface area contributed by atoms with Crippen LogP contribution in [0, 0.1) is 37.0 Å². The molecule has 107 heavy (non-hydrogen) atoms. The highest BCUT2D eigenvalue weighted by Crippen LogP contribution is 2.35. The fourth-order valence-corrected chi connectivity index (χ4v) is 18.7. The lowest BCUT2D eigenvalue weighted by atomic mass is 9.99. The summed E-state index contributed by atoms with van der Waals surface area (Å²) < 4.78 is 29.8. The van der Waals surface area contributed by atoms with Crippen LogP contribution >= 0.6 is 105 Å². The van der Waals surface area contributed by atoms with Gasteiger partial charge in [0.05, 0.1) is 45.6 Å². The van der Waals surface area contributed by atoms with Gasteiger partial charge in [-0.1, -0.05) is 235 Å². The number of aromatic nitrogens is 9. The molecule has 0 bridgehead atoms. The third-order valence-corrected chi connectivity index (χ3v) is 25.8. The average Bonchev–Trinajstić information content (AvgIpc) is 1.46. The third-order valence-electron chi connectivity index (χ3n) is 17.3. The Balaban J connectivity index is 0.000000153. The molecule has 0 spiro atoms. The molecule has 1 saturated carbocycles. The summed E-state index contributed by atoms with van der Waals surface area (Å²) in [5.41, 5.74) is 9.27. The minimum Gasteiger partial charge on any atom is -0.469 e. The Kier molecular flexibility index (Phi) is 33.3. The number of furan rings is 1. The molecule has 1 N–H and O–H groups in total. The summed E-state index contributed by atoms with van der Waals surface area (Å²) in [4.78, 5) is 33.8. The van der Waals surface area contributed by atoms with E-state index in [4.69, 9.17) is 34.0 Å². The molecule has 0 radical (unpaired) electrons. The number of likely N-dealkylation sites (tertiary alicyclic amines) is 1. The van der Waals surface area contributed by atoms with E-state index in [1.165, 1.54) is 48.6 Å². The number of piperidine rings is 1. The second-order valence-electron chi connectivity index (χ2n) is 25.3. The molecule has 562 valence electrons. The van der Waals surface area contributed by atoms with Crippen molar-refractivity contribution in [2.24, 2.45) is 11.8 Å². The number of anilines is 1. The van der Waals surface area contributed by atoms with Crippen molar-refractivity contribution in [3.05, 3.63) is 200 Å². The highest BCUT2D eigenvalue weighted by atomic mass is 35.5. The standard InChI is InChI=1S/C21H16N4OS2.C21H23N3O4S.C20H27N3OS3.C15H18ClN3OS2.CH4/c1-14-23-18(13-27-14)10-20-24-25-21(26-20)28-12-15-6-8-16(9-7-15)19-5-3-2-4-17(19)11-22;1-15-18(9-12-26-15)19-22-23-20(28-19)29-14-17-7-10-24(11-8-17)21(25)27-13-16-5-3-2-4-6-16;1-14(2)16-9-7-15(8-10-16)13-26-20-23-22-19(27-20)25-12-11-21-18(24)17-5-3-4-6-17;16-12-6-1-2-7-13(12)21-10-5-11-22-15-18-17-14(20-15)19-8-3-4-9-19;/h2-9,13H,10,12H2,1H3;2-6,9,12,17H,7-8,10-11,13-14H2,1H3;7-10,14,17H,3-6,11-13H2,1-2H3,(H,21,24);1-2,6-7H,3-5,8-11H2;1H4. The van der Waals surface area contributed by atoms with Crippen LogP contribution < -0.4 is 10.2 Å². The molecule has 14 rings (SSSR count). The summed E-state index contributed by atoms with van der Waals surface area (Å²) in [5.74, 6) is 8.74. The molecule has 29 heteroatoms. The number of carbonyl (C=O) groups is 2. The fourth-order valence-electron chi connectivity index (χ4n) is 11.4. The Morgan fingerprint density at radius 3 is 2.06 bits per heavy atom. The number of benzene rings is 5. The number of hydrogen-bond acceptors (Lipinski definition) is 26. The number of amides is 2. The molecule has 1 aliphatic carbocycles. The van der Waals surface area contributed by atoms with Crippen LogP contribution in [0.5, 0.6) is 0 Å². The van der Waals surface area contributed by atoms with Crippen LogP contribution in [0.2, 0.25) is 5.02 Å². The predicted molar refractivity (Wildman–Crippen MR) is 434 cm³/mol. The molecular formula is C78H88ClN13O7S8. The summed E-state index contributed by atoms with van der Waals surface area (Å²) in [6, 6.07) is 47.1. The number of halogens is 1. The first-order chi connectivity index (χ1) is 51.8. The zero-order chi connectivity index (χ0) is 73.7. The number of thiazole rings is 1. The maximum atomic E-state index is 12.3. The zero-order valence-electron chi connectivity index (χ0n) is 59.5. The van der Waals surface area contributed by atoms with E-state index in [1.807, 2.05) is 110 Å². The summed E-state index contributed by atoms with van der Waals surface area (Å²) >= 11 is 19.3. The van der Waals surface area contributed by atoms with Gasteiger partial charge < -0.3 is 37.5 Å². The molecule has 5 aromatic carbocycles. The van der Waals surface area contributed by atoms with Gasteiger partial charge in [0.15, 0.2) is 8.68 Å². The van der Waals surface area contributed by atoms with Gasteiger partial charge in [-0.2, -0.15) is 5.26 Å². The quantitative estimate of drug-likeness (QED) is 0.0353. The van der Waals surface area contributed by atoms with Gasteiger partial charge in [0.1, 0.15) is 12.4 Å². The first kappa shape index (κ1) is 81.9. The van der Waals surface area contributed by atoms with Crippen molar-refractivity contribution in [3.8, 4) is 28.7 Å². The highest BCUT2D eigenvalue weighted by Gasteiger charge is 2.26. The fraction of sp³-hybridized carbons (Fsp3) is 0.385. The Morgan fingerprint density at radius 2 is 1.34 bits per heavy atom. The molecular weight excluding hydrogens is 1520 g/mol. The van der Waals surface area contributed by atoms with Gasteiger partial charge in [0.2, 0.25) is 11.8 Å². The smallest absolute Gasteiger partial charge is 0.410 e. The van der Waals surface area contributed by atoms with E-state index in [2.05, 4.69) is 118 Å². The van der Waals surface area contributed by atoms with Crippen LogP contribution in [0.25, 0.3) is 22.6 Å². The number of nitrogens with one attached hydrogen (secondary N) is 1. The van der Waals surface area contributed by atoms with E-state index in [0.29, 0.717) is 83.5 Å². The van der Waals surface area contributed by atoms with E-state index < -0.39 is 0 Å². The van der Waals surface area contributed by atoms with Gasteiger partial charge in [-0.25, -0.2) is 9.78 Å². The van der Waals surface area contributed by atoms with Crippen LogP contribution in [-0.4, -0.2) is 118 Å². The minimum atomic E-state index is -0.239. The Bertz CT molecular complexity index is 4510. The molecule has 2 amide bonds. The summed E-state index contributed by atoms with van der Waals surface area (Å²) in [7, 11) is 0. The molecule has 11 aromatic rings. The van der Waals surface area contributed by atoms with Crippen LogP contribution in [0.4, 0.5) is 10.8 Å². The van der Waals surface area contributed by atoms with Gasteiger partial charge in [-0.05, 0) is 134 Å². The van der Waals surface area contributed by atoms with Gasteiger partial charge in [-0.3, -0.25) is 4.79 Å². The first-order valence-electron chi connectivity index (χ1n) is 35.3. The van der Waals surface area contributed by atoms with Crippen molar-refractivity contribution in [1.29, 1.82) is 5.26 Å². The highest BCUT2D eigenvalue weighted by molar-refractivity contribution is 8.03. The first-order valence-corrected chi connectivity index (χ1v) is 43.3. The molecule has 3 fully saturated rings. The van der Waals surface area contributed by atoms with Crippen molar-refractivity contribution < 1.29 is 32.0 Å². The van der Waals surface area contributed by atoms with Crippen LogP contribution in [-0.2, 0) is 34.1 Å².